The Morgan fingerprint density at radius 3 is 2.57 bits per heavy atom. The first-order valence-electron chi connectivity index (χ1n) is 12.8. The molecule has 3 rings (SSSR count). The van der Waals surface area contributed by atoms with Crippen molar-refractivity contribution in [2.24, 2.45) is 5.10 Å². The molecular weight excluding hydrogens is 571 g/mol. The molecule has 3 aromatic rings. The first kappa shape index (κ1) is 32.1. The van der Waals surface area contributed by atoms with E-state index >= 15 is 0 Å². The molecule has 1 atom stereocenters. The third-order valence-corrected chi connectivity index (χ3v) is 7.57. The van der Waals surface area contributed by atoms with Crippen molar-refractivity contribution in [2.75, 3.05) is 19.1 Å². The Balaban J connectivity index is 2.40. The van der Waals surface area contributed by atoms with E-state index in [0.29, 0.717) is 10.6 Å². The molecule has 1 amide bonds. The van der Waals surface area contributed by atoms with Gasteiger partial charge in [0.05, 0.1) is 25.3 Å². The molecule has 2 aromatic heterocycles. The van der Waals surface area contributed by atoms with Crippen molar-refractivity contribution >= 4 is 50.9 Å². The van der Waals surface area contributed by atoms with Crippen LogP contribution in [-0.4, -0.2) is 58.3 Å². The van der Waals surface area contributed by atoms with Gasteiger partial charge in [0.2, 0.25) is 5.91 Å². The molecule has 13 nitrogen and oxygen atoms in total. The number of benzene rings is 1. The lowest BCUT2D eigenvalue weighted by Gasteiger charge is -2.28. The number of carbonyl (C=O) groups is 2. The number of thiophene rings is 1. The van der Waals surface area contributed by atoms with Gasteiger partial charge in [0.25, 0.3) is 5.56 Å². The van der Waals surface area contributed by atoms with Crippen LogP contribution in [0.2, 0.25) is 0 Å². The lowest BCUT2D eigenvalue weighted by molar-refractivity contribution is -0.153. The van der Waals surface area contributed by atoms with E-state index in [1.807, 2.05) is 0 Å². The summed E-state index contributed by atoms with van der Waals surface area (Å²) in [6.07, 6.45) is 0.764. The van der Waals surface area contributed by atoms with Crippen LogP contribution in [0.3, 0.4) is 0 Å². The van der Waals surface area contributed by atoms with Gasteiger partial charge in [-0.25, -0.2) is 18.5 Å². The average molecular weight is 605 g/mol. The summed E-state index contributed by atoms with van der Waals surface area (Å²) in [5.74, 6) is -2.16. The van der Waals surface area contributed by atoms with Gasteiger partial charge in [-0.15, -0.1) is 0 Å². The summed E-state index contributed by atoms with van der Waals surface area (Å²) in [6.45, 7) is 6.53. The van der Waals surface area contributed by atoms with Gasteiger partial charge in [-0.1, -0.05) is 11.3 Å². The summed E-state index contributed by atoms with van der Waals surface area (Å²) in [4.78, 5) is 53.7. The van der Waals surface area contributed by atoms with Crippen LogP contribution >= 0.6 is 11.3 Å². The summed E-state index contributed by atoms with van der Waals surface area (Å²) in [5.41, 5.74) is -0.0739. The molecule has 0 bridgehead atoms. The Kier molecular flexibility index (Phi) is 10.0. The predicted molar refractivity (Wildman–Crippen MR) is 157 cm³/mol. The second kappa shape index (κ2) is 13.1. The molecule has 42 heavy (non-hydrogen) atoms. The number of halogens is 1. The highest BCUT2D eigenvalue weighted by atomic mass is 32.1. The Bertz CT molecular complexity index is 1660. The van der Waals surface area contributed by atoms with E-state index in [9.17, 15) is 28.7 Å². The highest BCUT2D eigenvalue weighted by Crippen LogP contribution is 2.35. The van der Waals surface area contributed by atoms with E-state index in [-0.39, 0.29) is 27.6 Å². The fraction of sp³-hybridized carbons (Fsp3) is 0.407. The maximum absolute atomic E-state index is 14.4. The van der Waals surface area contributed by atoms with Crippen molar-refractivity contribution in [3.05, 3.63) is 56.0 Å². The lowest BCUT2D eigenvalue weighted by Crippen LogP contribution is -2.56. The number of methoxy groups -OCH3 is 1. The largest absolute Gasteiger partial charge is 0.496 e. The normalized spacial score (nSPS) is 12.5. The molecule has 0 aliphatic rings. The molecule has 0 aliphatic carbocycles. The average Bonchev–Trinajstić information content (AvgIpc) is 3.25. The zero-order valence-electron chi connectivity index (χ0n) is 24.0. The van der Waals surface area contributed by atoms with Crippen LogP contribution < -0.4 is 26.7 Å². The van der Waals surface area contributed by atoms with Crippen LogP contribution in [0.25, 0.3) is 10.2 Å². The molecule has 0 aliphatic heterocycles. The third kappa shape index (κ3) is 6.41. The van der Waals surface area contributed by atoms with Crippen molar-refractivity contribution in [3.8, 4) is 5.75 Å². The molecule has 0 radical (unpaired) electrons. The first-order chi connectivity index (χ1) is 19.8. The Morgan fingerprint density at radius 1 is 1.29 bits per heavy atom. The summed E-state index contributed by atoms with van der Waals surface area (Å²) >= 11 is 0.997. The van der Waals surface area contributed by atoms with Gasteiger partial charge in [-0.3, -0.25) is 19.6 Å². The van der Waals surface area contributed by atoms with Gasteiger partial charge in [0.15, 0.2) is 0 Å². The minimum Gasteiger partial charge on any atom is -0.496 e. The number of hydrazone groups is 1. The highest BCUT2D eigenvalue weighted by molar-refractivity contribution is 7.22. The monoisotopic (exact) mass is 604 g/mol. The van der Waals surface area contributed by atoms with Crippen molar-refractivity contribution in [2.45, 2.75) is 58.8 Å². The van der Waals surface area contributed by atoms with E-state index in [1.54, 1.807) is 20.8 Å². The zero-order valence-corrected chi connectivity index (χ0v) is 24.8. The number of aliphatic hydroxyl groups excluding tert-OH is 1. The number of ether oxygens (including phenoxy) is 2. The maximum Gasteiger partial charge on any atom is 0.333 e. The van der Waals surface area contributed by atoms with E-state index in [2.05, 4.69) is 15.8 Å². The molecular formula is C27H33FN6O7S. The number of fused-ring (bicyclic) bond motifs is 1. The second-order valence-electron chi connectivity index (χ2n) is 10.0. The summed E-state index contributed by atoms with van der Waals surface area (Å²) in [6, 6.07) is 3.25. The molecule has 1 aromatic carbocycles. The molecule has 0 fully saturated rings. The molecule has 15 heteroatoms. The van der Waals surface area contributed by atoms with Gasteiger partial charge >= 0.3 is 11.7 Å². The number of esters is 1. The minimum atomic E-state index is -1.66. The van der Waals surface area contributed by atoms with Crippen molar-refractivity contribution in [1.82, 2.24) is 14.5 Å². The molecule has 226 valence electrons. The van der Waals surface area contributed by atoms with Gasteiger partial charge in [-0.05, 0) is 52.8 Å². The number of aromatic nitrogens is 2. The molecule has 0 saturated carbocycles. The number of anilines is 1. The number of hydrogen-bond acceptors (Lipinski definition) is 11. The number of nitrogens with zero attached hydrogens (tertiary/aromatic N) is 3. The Hall–Kier alpha value is -4.37. The Morgan fingerprint density at radius 2 is 1.98 bits per heavy atom. The van der Waals surface area contributed by atoms with Crippen molar-refractivity contribution < 1.29 is 28.6 Å². The number of amides is 1. The number of aliphatic hydroxyl groups is 1. The zero-order chi connectivity index (χ0) is 31.4. The van der Waals surface area contributed by atoms with Crippen LogP contribution in [0.15, 0.2) is 32.9 Å². The minimum absolute atomic E-state index is 0.0659. The molecule has 0 saturated heterocycles. The van der Waals surface area contributed by atoms with E-state index < -0.39 is 53.7 Å². The van der Waals surface area contributed by atoms with Crippen LogP contribution in [0.4, 0.5) is 9.39 Å². The molecule has 4 N–H and O–H groups in total. The number of hydrogen-bond donors (Lipinski definition) is 4. The van der Waals surface area contributed by atoms with Crippen molar-refractivity contribution in [3.63, 3.8) is 0 Å². The smallest absolute Gasteiger partial charge is 0.333 e. The number of nitrogens with one attached hydrogen (secondary N) is 3. The van der Waals surface area contributed by atoms with E-state index in [4.69, 9.17) is 14.9 Å². The van der Waals surface area contributed by atoms with E-state index in [1.165, 1.54) is 33.2 Å². The Labute approximate surface area is 244 Å². The van der Waals surface area contributed by atoms with Crippen LogP contribution in [0.1, 0.15) is 44.9 Å². The predicted octanol–water partition coefficient (Wildman–Crippen LogP) is 2.26. The number of carbonyl (C=O) groups excluding carboxylic acids is 2. The highest BCUT2D eigenvalue weighted by Gasteiger charge is 2.36. The SMILES string of the molecule is COc1ccc(F)cc1C(Cn1c(=O)n(C(C)(C)C(=O)NC(C)C)c(=O)c2c(C)c(N/N=C\C=N)sc21)OC(=O)CO. The topological polar surface area (TPSA) is 177 Å². The summed E-state index contributed by atoms with van der Waals surface area (Å²) < 4.78 is 27.1. The fourth-order valence-electron chi connectivity index (χ4n) is 4.30. The second-order valence-corrected chi connectivity index (χ2v) is 11.0. The standard InChI is InChI=1S/C27H33FN6O7S/c1-14(2)31-25(38)27(4,5)34-23(37)21-15(3)22(32-30-10-9-29)42-24(21)33(26(34)39)12-19(41-20(36)13-35)17-11-16(28)7-8-18(17)40-6/h7-11,14,19,29,32,35H,12-13H2,1-6H3,(H,31,38)/b29-9?,30-10-. The number of aryl methyl sites for hydroxylation is 1. The quantitative estimate of drug-likeness (QED) is 0.138. The van der Waals surface area contributed by atoms with Gasteiger partial charge < -0.3 is 25.3 Å². The molecule has 0 spiro atoms. The van der Waals surface area contributed by atoms with E-state index in [0.717, 1.165) is 38.8 Å². The van der Waals surface area contributed by atoms with Crippen molar-refractivity contribution in [1.29, 1.82) is 5.41 Å². The van der Waals surface area contributed by atoms with Gasteiger partial charge in [0, 0.05) is 23.4 Å². The third-order valence-electron chi connectivity index (χ3n) is 6.35. The van der Waals surface area contributed by atoms with Crippen LogP contribution in [0.5, 0.6) is 5.75 Å². The lowest BCUT2D eigenvalue weighted by atomic mass is 10.0. The van der Waals surface area contributed by atoms with Crippen LogP contribution in [-0.2, 0) is 26.4 Å². The fourth-order valence-corrected chi connectivity index (χ4v) is 5.45. The molecule has 1 unspecified atom stereocenters. The first-order valence-corrected chi connectivity index (χ1v) is 13.6. The molecule has 2 heterocycles. The number of rotatable bonds is 12. The van der Waals surface area contributed by atoms with Gasteiger partial charge in [0.1, 0.15) is 39.6 Å². The summed E-state index contributed by atoms with van der Waals surface area (Å²) in [7, 11) is 1.33. The summed E-state index contributed by atoms with van der Waals surface area (Å²) in [5, 5.41) is 23.6. The van der Waals surface area contributed by atoms with Gasteiger partial charge in [-0.2, -0.15) is 5.10 Å². The van der Waals surface area contributed by atoms with Crippen LogP contribution in [0, 0.1) is 18.2 Å². The maximum atomic E-state index is 14.4.